The van der Waals surface area contributed by atoms with E-state index >= 15 is 0 Å². The summed E-state index contributed by atoms with van der Waals surface area (Å²) in [6, 6.07) is 6.49. The first-order valence-corrected chi connectivity index (χ1v) is 9.90. The fourth-order valence-electron chi connectivity index (χ4n) is 2.58. The van der Waals surface area contributed by atoms with E-state index in [1.807, 2.05) is 38.6 Å². The molecule has 0 aliphatic heterocycles. The molecule has 0 aliphatic carbocycles. The van der Waals surface area contributed by atoms with Gasteiger partial charge in [0.25, 0.3) is 0 Å². The topological polar surface area (TPSA) is 114 Å². The predicted octanol–water partition coefficient (Wildman–Crippen LogP) is 1.56. The first kappa shape index (κ1) is 23.4. The van der Waals surface area contributed by atoms with E-state index in [9.17, 15) is 8.42 Å². The molecule has 0 unspecified atom stereocenters. The maximum Gasteiger partial charge on any atom is 0.238 e. The van der Waals surface area contributed by atoms with Crippen LogP contribution in [0.3, 0.4) is 0 Å². The van der Waals surface area contributed by atoms with E-state index in [-0.39, 0.29) is 28.9 Å². The summed E-state index contributed by atoms with van der Waals surface area (Å²) in [5, 5.41) is 16.1. The maximum atomic E-state index is 11.5. The monoisotopic (exact) mass is 506 g/mol. The average molecular weight is 506 g/mol. The lowest BCUT2D eigenvalue weighted by atomic mass is 10.2. The second-order valence-corrected chi connectivity index (χ2v) is 7.58. The third-order valence-electron chi connectivity index (χ3n) is 4.08. The van der Waals surface area contributed by atoms with Crippen molar-refractivity contribution in [2.45, 2.75) is 38.8 Å². The predicted molar refractivity (Wildman–Crippen MR) is 118 cm³/mol. The van der Waals surface area contributed by atoms with Crippen molar-refractivity contribution in [1.29, 1.82) is 0 Å². The zero-order chi connectivity index (χ0) is 19.3. The molecular formula is C17H27IN6O2S. The number of benzene rings is 1. The molecule has 0 radical (unpaired) electrons. The summed E-state index contributed by atoms with van der Waals surface area (Å²) in [6.45, 7) is 7.65. The van der Waals surface area contributed by atoms with Gasteiger partial charge in [0, 0.05) is 31.4 Å². The summed E-state index contributed by atoms with van der Waals surface area (Å²) in [5.74, 6) is 0.649. The van der Waals surface area contributed by atoms with Crippen LogP contribution in [-0.2, 0) is 30.2 Å². The first-order valence-electron chi connectivity index (χ1n) is 8.35. The molecule has 0 bridgehead atoms. The zero-order valence-corrected chi connectivity index (χ0v) is 19.1. The quantitative estimate of drug-likeness (QED) is 0.313. The summed E-state index contributed by atoms with van der Waals surface area (Å²) >= 11 is 0. The van der Waals surface area contributed by atoms with E-state index in [2.05, 4.69) is 20.7 Å². The van der Waals surface area contributed by atoms with Gasteiger partial charge in [-0.25, -0.2) is 18.5 Å². The molecule has 2 rings (SSSR count). The molecule has 0 fully saturated rings. The van der Waals surface area contributed by atoms with Crippen LogP contribution in [0.5, 0.6) is 0 Å². The van der Waals surface area contributed by atoms with Gasteiger partial charge < -0.3 is 10.6 Å². The minimum Gasteiger partial charge on any atom is -0.357 e. The van der Waals surface area contributed by atoms with Crippen LogP contribution in [0.15, 0.2) is 34.2 Å². The minimum absolute atomic E-state index is 0. The molecule has 150 valence electrons. The summed E-state index contributed by atoms with van der Waals surface area (Å²) in [5.41, 5.74) is 3.98. The lowest BCUT2D eigenvalue weighted by Crippen LogP contribution is -2.37. The number of hydrogen-bond donors (Lipinski definition) is 3. The third-order valence-corrected chi connectivity index (χ3v) is 4.99. The van der Waals surface area contributed by atoms with Crippen LogP contribution in [-0.4, -0.2) is 30.7 Å². The van der Waals surface area contributed by atoms with Gasteiger partial charge in [0.2, 0.25) is 10.0 Å². The molecule has 1 heterocycles. The molecule has 1 aromatic carbocycles. The largest absolute Gasteiger partial charge is 0.357 e. The van der Waals surface area contributed by atoms with Crippen LogP contribution in [0, 0.1) is 13.8 Å². The van der Waals surface area contributed by atoms with Crippen molar-refractivity contribution in [3.8, 4) is 0 Å². The lowest BCUT2D eigenvalue weighted by molar-refractivity contribution is 0.597. The van der Waals surface area contributed by atoms with Crippen molar-refractivity contribution in [1.82, 2.24) is 20.4 Å². The highest BCUT2D eigenvalue weighted by Crippen LogP contribution is 2.12. The van der Waals surface area contributed by atoms with Gasteiger partial charge in [-0.15, -0.1) is 24.0 Å². The van der Waals surface area contributed by atoms with Crippen LogP contribution in [0.2, 0.25) is 0 Å². The first-order chi connectivity index (χ1) is 12.2. The highest BCUT2D eigenvalue weighted by Gasteiger charge is 2.10. The van der Waals surface area contributed by atoms with E-state index in [0.29, 0.717) is 25.6 Å². The number of aliphatic imine (C=N–C) groups is 1. The molecule has 10 heteroatoms. The Kier molecular flexibility index (Phi) is 8.69. The Labute approximate surface area is 177 Å². The van der Waals surface area contributed by atoms with E-state index in [1.165, 1.54) is 12.1 Å². The average Bonchev–Trinajstić information content (AvgIpc) is 2.82. The smallest absolute Gasteiger partial charge is 0.238 e. The van der Waals surface area contributed by atoms with Gasteiger partial charge >= 0.3 is 0 Å². The van der Waals surface area contributed by atoms with Crippen molar-refractivity contribution >= 4 is 40.0 Å². The molecule has 0 aliphatic rings. The molecule has 0 saturated carbocycles. The molecular weight excluding hydrogens is 479 g/mol. The number of nitrogens with one attached hydrogen (secondary N) is 2. The minimum atomic E-state index is -3.72. The number of aryl methyl sites for hydroxylation is 2. The Morgan fingerprint density at radius 2 is 2.00 bits per heavy atom. The van der Waals surface area contributed by atoms with Gasteiger partial charge in [0.15, 0.2) is 5.96 Å². The SMILES string of the molecule is CCNC(=NCc1cccc(S(N)(=O)=O)c1)NCc1c(C)nn(C)c1C.I. The second kappa shape index (κ2) is 10.0. The molecule has 2 aromatic rings. The van der Waals surface area contributed by atoms with E-state index in [1.54, 1.807) is 6.07 Å². The van der Waals surface area contributed by atoms with E-state index in [4.69, 9.17) is 5.14 Å². The van der Waals surface area contributed by atoms with Crippen molar-refractivity contribution in [3.05, 3.63) is 46.8 Å². The maximum absolute atomic E-state index is 11.5. The van der Waals surface area contributed by atoms with Gasteiger partial charge in [0.1, 0.15) is 0 Å². The van der Waals surface area contributed by atoms with Gasteiger partial charge in [0.05, 0.1) is 17.1 Å². The van der Waals surface area contributed by atoms with Crippen molar-refractivity contribution in [2.75, 3.05) is 6.54 Å². The molecule has 4 N–H and O–H groups in total. The Morgan fingerprint density at radius 1 is 1.30 bits per heavy atom. The molecule has 0 spiro atoms. The van der Waals surface area contributed by atoms with E-state index < -0.39 is 10.0 Å². The molecule has 8 nitrogen and oxygen atoms in total. The van der Waals surface area contributed by atoms with Gasteiger partial charge in [-0.3, -0.25) is 4.68 Å². The number of nitrogens with two attached hydrogens (primary N) is 1. The van der Waals surface area contributed by atoms with Crippen LogP contribution < -0.4 is 15.8 Å². The number of nitrogens with zero attached hydrogens (tertiary/aromatic N) is 3. The molecule has 0 amide bonds. The number of primary sulfonamides is 1. The number of halogens is 1. The number of aromatic nitrogens is 2. The van der Waals surface area contributed by atoms with Crippen molar-refractivity contribution < 1.29 is 8.42 Å². The molecule has 27 heavy (non-hydrogen) atoms. The Hall–Kier alpha value is -1.66. The molecule has 1 aromatic heterocycles. The summed E-state index contributed by atoms with van der Waals surface area (Å²) in [4.78, 5) is 4.61. The standard InChI is InChI=1S/C17H26N6O2S.HI/c1-5-19-17(21-11-16-12(2)22-23(4)13(16)3)20-10-14-7-6-8-15(9-14)26(18,24)25;/h6-9H,5,10-11H2,1-4H3,(H2,18,24,25)(H2,19,20,21);1H. The molecule has 0 saturated heterocycles. The van der Waals surface area contributed by atoms with Crippen LogP contribution in [0.4, 0.5) is 0 Å². The highest BCUT2D eigenvalue weighted by molar-refractivity contribution is 14.0. The third kappa shape index (κ3) is 6.47. The number of rotatable bonds is 6. The van der Waals surface area contributed by atoms with Crippen molar-refractivity contribution in [2.24, 2.45) is 17.2 Å². The normalized spacial score (nSPS) is 11.8. The fourth-order valence-corrected chi connectivity index (χ4v) is 3.16. The number of sulfonamides is 1. The van der Waals surface area contributed by atoms with Crippen LogP contribution >= 0.6 is 24.0 Å². The fraction of sp³-hybridized carbons (Fsp3) is 0.412. The zero-order valence-electron chi connectivity index (χ0n) is 16.0. The highest BCUT2D eigenvalue weighted by atomic mass is 127. The summed E-state index contributed by atoms with van der Waals surface area (Å²) < 4.78 is 24.8. The van der Waals surface area contributed by atoms with E-state index in [0.717, 1.165) is 22.5 Å². The number of guanidine groups is 1. The van der Waals surface area contributed by atoms with Crippen molar-refractivity contribution in [3.63, 3.8) is 0 Å². The summed E-state index contributed by atoms with van der Waals surface area (Å²) in [7, 11) is -1.80. The number of hydrogen-bond acceptors (Lipinski definition) is 4. The van der Waals surface area contributed by atoms with Gasteiger partial charge in [-0.2, -0.15) is 5.10 Å². The summed E-state index contributed by atoms with van der Waals surface area (Å²) in [6.07, 6.45) is 0. The Bertz CT molecular complexity index is 908. The van der Waals surface area contributed by atoms with Crippen LogP contribution in [0.25, 0.3) is 0 Å². The van der Waals surface area contributed by atoms with Crippen LogP contribution in [0.1, 0.15) is 29.4 Å². The molecule has 0 atom stereocenters. The van der Waals surface area contributed by atoms with Gasteiger partial charge in [-0.1, -0.05) is 12.1 Å². The Morgan fingerprint density at radius 3 is 2.56 bits per heavy atom. The Balaban J connectivity index is 0.00000364. The van der Waals surface area contributed by atoms with Gasteiger partial charge in [-0.05, 0) is 38.5 Å². The second-order valence-electron chi connectivity index (χ2n) is 6.01. The lowest BCUT2D eigenvalue weighted by Gasteiger charge is -2.12.